The molecule has 0 spiro atoms. The van der Waals surface area contributed by atoms with Gasteiger partial charge in [-0.1, -0.05) is 13.8 Å². The van der Waals surface area contributed by atoms with Gasteiger partial charge in [0.25, 0.3) is 0 Å². The molecule has 1 rings (SSSR count). The molecule has 0 unspecified atom stereocenters. The van der Waals surface area contributed by atoms with Crippen LogP contribution in [0.1, 0.15) is 33.1 Å². The van der Waals surface area contributed by atoms with Gasteiger partial charge in [-0.25, -0.2) is 8.42 Å². The molecule has 0 aromatic carbocycles. The maximum absolute atomic E-state index is 12.4. The molecular weight excluding hydrogens is 282 g/mol. The lowest BCUT2D eigenvalue weighted by Crippen LogP contribution is -2.42. The van der Waals surface area contributed by atoms with Gasteiger partial charge in [0, 0.05) is 19.0 Å². The Labute approximate surface area is 120 Å². The fraction of sp³-hybridized carbons (Fsp3) is 0.846. The van der Waals surface area contributed by atoms with E-state index in [2.05, 4.69) is 0 Å². The van der Waals surface area contributed by atoms with Crippen LogP contribution < -0.4 is 0 Å². The number of carboxylic acid groups (broad SMARTS) is 1. The molecule has 116 valence electrons. The molecule has 1 aliphatic rings. The first kappa shape index (κ1) is 16.9. The van der Waals surface area contributed by atoms with Gasteiger partial charge in [-0.2, -0.15) is 0 Å². The second-order valence-corrected chi connectivity index (χ2v) is 8.05. The van der Waals surface area contributed by atoms with Gasteiger partial charge in [-0.05, 0) is 18.8 Å². The molecule has 1 amide bonds. The third kappa shape index (κ3) is 5.48. The highest BCUT2D eigenvalue weighted by molar-refractivity contribution is 7.91. The molecule has 0 atom stereocenters. The maximum Gasteiger partial charge on any atom is 0.305 e. The van der Waals surface area contributed by atoms with Crippen LogP contribution in [0.5, 0.6) is 0 Å². The third-order valence-electron chi connectivity index (χ3n) is 3.40. The van der Waals surface area contributed by atoms with Gasteiger partial charge < -0.3 is 10.0 Å². The first-order chi connectivity index (χ1) is 9.21. The number of aliphatic carboxylic acids is 1. The summed E-state index contributed by atoms with van der Waals surface area (Å²) in [4.78, 5) is 24.6. The van der Waals surface area contributed by atoms with Crippen molar-refractivity contribution in [2.75, 3.05) is 24.6 Å². The van der Waals surface area contributed by atoms with Crippen LogP contribution in [0, 0.1) is 11.8 Å². The zero-order valence-electron chi connectivity index (χ0n) is 12.0. The molecule has 0 aromatic rings. The van der Waals surface area contributed by atoms with Crippen molar-refractivity contribution in [3.05, 3.63) is 0 Å². The Morgan fingerprint density at radius 2 is 1.80 bits per heavy atom. The SMILES string of the molecule is CC(C)CN(CCC(=O)O)C(=O)C1CCS(=O)(=O)CC1. The van der Waals surface area contributed by atoms with Crippen LogP contribution in [-0.4, -0.2) is 54.9 Å². The topological polar surface area (TPSA) is 91.8 Å². The molecule has 1 aliphatic heterocycles. The van der Waals surface area contributed by atoms with Crippen LogP contribution >= 0.6 is 0 Å². The quantitative estimate of drug-likeness (QED) is 0.782. The molecule has 0 bridgehead atoms. The van der Waals surface area contributed by atoms with Crippen LogP contribution in [-0.2, 0) is 19.4 Å². The number of amides is 1. The van der Waals surface area contributed by atoms with E-state index in [4.69, 9.17) is 5.11 Å². The number of carbonyl (C=O) groups is 2. The van der Waals surface area contributed by atoms with E-state index in [-0.39, 0.29) is 42.2 Å². The fourth-order valence-corrected chi connectivity index (χ4v) is 3.85. The van der Waals surface area contributed by atoms with Gasteiger partial charge in [-0.3, -0.25) is 9.59 Å². The summed E-state index contributed by atoms with van der Waals surface area (Å²) in [7, 11) is -2.99. The van der Waals surface area contributed by atoms with Gasteiger partial charge in [0.2, 0.25) is 5.91 Å². The van der Waals surface area contributed by atoms with Crippen molar-refractivity contribution in [3.8, 4) is 0 Å². The second-order valence-electron chi connectivity index (χ2n) is 5.75. The fourth-order valence-electron chi connectivity index (χ4n) is 2.36. The molecule has 1 fully saturated rings. The van der Waals surface area contributed by atoms with E-state index >= 15 is 0 Å². The molecule has 0 aromatic heterocycles. The summed E-state index contributed by atoms with van der Waals surface area (Å²) in [6.07, 6.45) is 0.620. The van der Waals surface area contributed by atoms with Crippen LogP contribution in [0.3, 0.4) is 0 Å². The predicted octanol–water partition coefficient (Wildman–Crippen LogP) is 0.770. The van der Waals surface area contributed by atoms with Crippen LogP contribution in [0.4, 0.5) is 0 Å². The summed E-state index contributed by atoms with van der Waals surface area (Å²) in [5.41, 5.74) is 0. The highest BCUT2D eigenvalue weighted by atomic mass is 32.2. The minimum Gasteiger partial charge on any atom is -0.481 e. The van der Waals surface area contributed by atoms with E-state index in [1.54, 1.807) is 4.90 Å². The number of nitrogens with zero attached hydrogens (tertiary/aromatic N) is 1. The Hall–Kier alpha value is -1.11. The van der Waals surface area contributed by atoms with Crippen molar-refractivity contribution in [2.24, 2.45) is 11.8 Å². The third-order valence-corrected chi connectivity index (χ3v) is 5.11. The predicted molar refractivity (Wildman–Crippen MR) is 75.0 cm³/mol. The number of sulfone groups is 1. The lowest BCUT2D eigenvalue weighted by atomic mass is 10.0. The summed E-state index contributed by atoms with van der Waals surface area (Å²) in [5.74, 6) is -0.964. The second kappa shape index (κ2) is 7.06. The van der Waals surface area contributed by atoms with Crippen molar-refractivity contribution in [3.63, 3.8) is 0 Å². The standard InChI is InChI=1S/C13H23NO5S/c1-10(2)9-14(6-3-12(15)16)13(17)11-4-7-20(18,19)8-5-11/h10-11H,3-9H2,1-2H3,(H,15,16). The van der Waals surface area contributed by atoms with E-state index < -0.39 is 15.8 Å². The molecular formula is C13H23NO5S. The van der Waals surface area contributed by atoms with Crippen molar-refractivity contribution in [1.82, 2.24) is 4.90 Å². The number of hydrogen-bond donors (Lipinski definition) is 1. The van der Waals surface area contributed by atoms with E-state index in [0.29, 0.717) is 19.4 Å². The Bertz CT molecular complexity index is 443. The van der Waals surface area contributed by atoms with Crippen LogP contribution in [0.25, 0.3) is 0 Å². The van der Waals surface area contributed by atoms with Gasteiger partial charge in [0.1, 0.15) is 9.84 Å². The Kier molecular flexibility index (Phi) is 5.98. The number of carboxylic acids is 1. The van der Waals surface area contributed by atoms with Crippen LogP contribution in [0.2, 0.25) is 0 Å². The first-order valence-corrected chi connectivity index (χ1v) is 8.74. The summed E-state index contributed by atoms with van der Waals surface area (Å²) in [6, 6.07) is 0. The number of rotatable bonds is 6. The minimum atomic E-state index is -2.99. The van der Waals surface area contributed by atoms with E-state index in [0.717, 1.165) is 0 Å². The molecule has 1 heterocycles. The molecule has 0 aliphatic carbocycles. The minimum absolute atomic E-state index is 0.0534. The highest BCUT2D eigenvalue weighted by Crippen LogP contribution is 2.21. The smallest absolute Gasteiger partial charge is 0.305 e. The van der Waals surface area contributed by atoms with Crippen LogP contribution in [0.15, 0.2) is 0 Å². The molecule has 20 heavy (non-hydrogen) atoms. The van der Waals surface area contributed by atoms with Crippen molar-refractivity contribution < 1.29 is 23.1 Å². The molecule has 0 radical (unpaired) electrons. The summed E-state index contributed by atoms with van der Waals surface area (Å²) in [6.45, 7) is 4.63. The Morgan fingerprint density at radius 3 is 2.25 bits per heavy atom. The summed E-state index contributed by atoms with van der Waals surface area (Å²) in [5, 5.41) is 8.74. The van der Waals surface area contributed by atoms with Crippen molar-refractivity contribution >= 4 is 21.7 Å². The van der Waals surface area contributed by atoms with Crippen molar-refractivity contribution in [1.29, 1.82) is 0 Å². The first-order valence-electron chi connectivity index (χ1n) is 6.92. The normalized spacial score (nSPS) is 18.9. The largest absolute Gasteiger partial charge is 0.481 e. The Morgan fingerprint density at radius 1 is 1.25 bits per heavy atom. The summed E-state index contributed by atoms with van der Waals surface area (Å²) < 4.78 is 22.8. The molecule has 0 saturated carbocycles. The molecule has 1 saturated heterocycles. The zero-order chi connectivity index (χ0) is 15.3. The average Bonchev–Trinajstić information content (AvgIpc) is 2.33. The van der Waals surface area contributed by atoms with Gasteiger partial charge >= 0.3 is 5.97 Å². The number of hydrogen-bond acceptors (Lipinski definition) is 4. The molecule has 7 heteroatoms. The lowest BCUT2D eigenvalue weighted by molar-refractivity contribution is -0.140. The average molecular weight is 305 g/mol. The van der Waals surface area contributed by atoms with E-state index in [1.165, 1.54) is 0 Å². The lowest BCUT2D eigenvalue weighted by Gasteiger charge is -2.30. The summed E-state index contributed by atoms with van der Waals surface area (Å²) >= 11 is 0. The van der Waals surface area contributed by atoms with E-state index in [1.807, 2.05) is 13.8 Å². The van der Waals surface area contributed by atoms with Gasteiger partial charge in [-0.15, -0.1) is 0 Å². The monoisotopic (exact) mass is 305 g/mol. The van der Waals surface area contributed by atoms with Gasteiger partial charge in [0.15, 0.2) is 0 Å². The molecule has 1 N–H and O–H groups in total. The Balaban J connectivity index is 2.65. The zero-order valence-corrected chi connectivity index (χ0v) is 12.9. The van der Waals surface area contributed by atoms with Crippen molar-refractivity contribution in [2.45, 2.75) is 33.1 Å². The molecule has 6 nitrogen and oxygen atoms in total. The van der Waals surface area contributed by atoms with Gasteiger partial charge in [0.05, 0.1) is 17.9 Å². The number of carbonyl (C=O) groups excluding carboxylic acids is 1. The van der Waals surface area contributed by atoms with E-state index in [9.17, 15) is 18.0 Å². The highest BCUT2D eigenvalue weighted by Gasteiger charge is 2.31. The maximum atomic E-state index is 12.4.